The Bertz CT molecular complexity index is 257. The van der Waals surface area contributed by atoms with Crippen LogP contribution in [0.25, 0.3) is 0 Å². The molecule has 0 aliphatic carbocycles. The monoisotopic (exact) mass is 242 g/mol. The van der Waals surface area contributed by atoms with Crippen molar-refractivity contribution in [3.63, 3.8) is 0 Å². The van der Waals surface area contributed by atoms with Crippen molar-refractivity contribution in [1.82, 2.24) is 15.2 Å². The van der Waals surface area contributed by atoms with Crippen LogP contribution in [0.5, 0.6) is 0 Å². The van der Waals surface area contributed by atoms with E-state index in [2.05, 4.69) is 36.2 Å². The minimum Gasteiger partial charge on any atom is -0.305 e. The van der Waals surface area contributed by atoms with Gasteiger partial charge < -0.3 is 4.90 Å². The highest BCUT2D eigenvalue weighted by Gasteiger charge is 2.29. The number of nitrogens with one attached hydrogen (secondary N) is 1. The predicted molar refractivity (Wildman–Crippen MR) is 69.2 cm³/mol. The second-order valence-electron chi connectivity index (χ2n) is 5.29. The third kappa shape index (κ3) is 3.66. The maximum atomic E-state index is 11.5. The van der Waals surface area contributed by atoms with Crippen LogP contribution in [0.4, 0.5) is 0 Å². The van der Waals surface area contributed by atoms with Gasteiger partial charge in [0.25, 0.3) is 0 Å². The topological polar surface area (TPSA) is 61.6 Å². The van der Waals surface area contributed by atoms with Gasteiger partial charge >= 0.3 is 0 Å². The van der Waals surface area contributed by atoms with Crippen LogP contribution in [0.2, 0.25) is 0 Å². The number of hydrogen-bond acceptors (Lipinski definition) is 4. The molecule has 5 heteroatoms. The average molecular weight is 242 g/mol. The zero-order valence-corrected chi connectivity index (χ0v) is 11.4. The summed E-state index contributed by atoms with van der Waals surface area (Å²) in [6.45, 7) is 6.16. The second-order valence-corrected chi connectivity index (χ2v) is 5.29. The molecule has 0 bridgehead atoms. The standard InChI is InChI=1S/C12H26N4O/c1-9(12(17)14-13)10(2)16-7-5-6-11(8-16)15(3)4/h9-11H,5-8,13H2,1-4H3,(H,14,17). The molecule has 1 saturated heterocycles. The fourth-order valence-electron chi connectivity index (χ4n) is 2.44. The summed E-state index contributed by atoms with van der Waals surface area (Å²) in [4.78, 5) is 16.2. The second kappa shape index (κ2) is 6.33. The molecule has 0 radical (unpaired) electrons. The molecule has 0 spiro atoms. The number of amides is 1. The largest absolute Gasteiger partial charge is 0.305 e. The summed E-state index contributed by atoms with van der Waals surface area (Å²) in [6, 6.07) is 0.834. The number of likely N-dealkylation sites (N-methyl/N-ethyl adjacent to an activating group) is 1. The Kier molecular flexibility index (Phi) is 5.36. The molecule has 3 N–H and O–H groups in total. The van der Waals surface area contributed by atoms with Crippen LogP contribution < -0.4 is 11.3 Å². The number of rotatable bonds is 4. The molecular formula is C12H26N4O. The summed E-state index contributed by atoms with van der Waals surface area (Å²) < 4.78 is 0. The molecule has 1 aliphatic heterocycles. The number of carbonyl (C=O) groups excluding carboxylic acids is 1. The summed E-state index contributed by atoms with van der Waals surface area (Å²) in [7, 11) is 4.24. The highest BCUT2D eigenvalue weighted by atomic mass is 16.2. The van der Waals surface area contributed by atoms with Gasteiger partial charge in [-0.2, -0.15) is 0 Å². The van der Waals surface area contributed by atoms with Crippen LogP contribution in [0.1, 0.15) is 26.7 Å². The summed E-state index contributed by atoms with van der Waals surface area (Å²) >= 11 is 0. The number of hydrogen-bond donors (Lipinski definition) is 2. The molecule has 0 aromatic carbocycles. The van der Waals surface area contributed by atoms with Crippen LogP contribution in [0, 0.1) is 5.92 Å². The Morgan fingerprint density at radius 3 is 2.65 bits per heavy atom. The first-order valence-corrected chi connectivity index (χ1v) is 6.38. The van der Waals surface area contributed by atoms with Gasteiger partial charge in [-0.25, -0.2) is 5.84 Å². The fraction of sp³-hybridized carbons (Fsp3) is 0.917. The Morgan fingerprint density at radius 2 is 2.12 bits per heavy atom. The first-order valence-electron chi connectivity index (χ1n) is 6.38. The minimum atomic E-state index is -0.0792. The van der Waals surface area contributed by atoms with Crippen LogP contribution in [0.15, 0.2) is 0 Å². The Morgan fingerprint density at radius 1 is 1.47 bits per heavy atom. The molecule has 1 heterocycles. The van der Waals surface area contributed by atoms with Crippen molar-refractivity contribution >= 4 is 5.91 Å². The normalized spacial score (nSPS) is 25.6. The summed E-state index contributed by atoms with van der Waals surface area (Å²) in [6.07, 6.45) is 2.44. The SMILES string of the molecule is CC(C(=O)NN)C(C)N1CCCC(N(C)C)C1. The third-order valence-electron chi connectivity index (χ3n) is 4.01. The molecule has 1 rings (SSSR count). The lowest BCUT2D eigenvalue weighted by Crippen LogP contribution is -2.52. The van der Waals surface area contributed by atoms with Crippen molar-refractivity contribution in [3.8, 4) is 0 Å². The summed E-state index contributed by atoms with van der Waals surface area (Å²) in [5.41, 5.74) is 2.24. The van der Waals surface area contributed by atoms with Crippen molar-refractivity contribution in [2.24, 2.45) is 11.8 Å². The number of likely N-dealkylation sites (tertiary alicyclic amines) is 1. The number of carbonyl (C=O) groups is 1. The lowest BCUT2D eigenvalue weighted by Gasteiger charge is -2.40. The molecule has 100 valence electrons. The van der Waals surface area contributed by atoms with Gasteiger partial charge in [-0.05, 0) is 40.4 Å². The van der Waals surface area contributed by atoms with E-state index in [1.54, 1.807) is 0 Å². The predicted octanol–water partition coefficient (Wildman–Crippen LogP) is 0.0269. The zero-order valence-electron chi connectivity index (χ0n) is 11.4. The lowest BCUT2D eigenvalue weighted by molar-refractivity contribution is -0.126. The number of piperidine rings is 1. The Hall–Kier alpha value is -0.650. The Labute approximate surface area is 104 Å². The molecule has 5 nitrogen and oxygen atoms in total. The van der Waals surface area contributed by atoms with Gasteiger partial charge in [0.15, 0.2) is 0 Å². The quantitative estimate of drug-likeness (QED) is 0.415. The van der Waals surface area contributed by atoms with E-state index in [1.807, 2.05) is 6.92 Å². The van der Waals surface area contributed by atoms with Gasteiger partial charge in [-0.15, -0.1) is 0 Å². The zero-order chi connectivity index (χ0) is 13.0. The van der Waals surface area contributed by atoms with E-state index < -0.39 is 0 Å². The molecule has 1 fully saturated rings. The first kappa shape index (κ1) is 14.4. The van der Waals surface area contributed by atoms with Crippen LogP contribution in [0.3, 0.4) is 0 Å². The first-order chi connectivity index (χ1) is 7.97. The molecule has 1 aliphatic rings. The van der Waals surface area contributed by atoms with E-state index in [4.69, 9.17) is 5.84 Å². The summed E-state index contributed by atoms with van der Waals surface area (Å²) in [5.74, 6) is 5.04. The van der Waals surface area contributed by atoms with Crippen molar-refractivity contribution in [1.29, 1.82) is 0 Å². The van der Waals surface area contributed by atoms with E-state index in [0.29, 0.717) is 6.04 Å². The molecule has 3 unspecified atom stereocenters. The van der Waals surface area contributed by atoms with E-state index in [-0.39, 0.29) is 17.9 Å². The third-order valence-corrected chi connectivity index (χ3v) is 4.01. The van der Waals surface area contributed by atoms with Gasteiger partial charge in [0, 0.05) is 18.6 Å². The van der Waals surface area contributed by atoms with Crippen molar-refractivity contribution in [2.45, 2.75) is 38.8 Å². The van der Waals surface area contributed by atoms with Gasteiger partial charge in [0.05, 0.1) is 5.92 Å². The summed E-state index contributed by atoms with van der Waals surface area (Å²) in [5, 5.41) is 0. The lowest BCUT2D eigenvalue weighted by atomic mass is 9.96. The van der Waals surface area contributed by atoms with Gasteiger partial charge in [-0.3, -0.25) is 15.1 Å². The molecule has 3 atom stereocenters. The Balaban J connectivity index is 2.56. The number of nitrogens with zero attached hydrogens (tertiary/aromatic N) is 2. The smallest absolute Gasteiger partial charge is 0.238 e. The highest BCUT2D eigenvalue weighted by molar-refractivity contribution is 5.78. The van der Waals surface area contributed by atoms with E-state index in [9.17, 15) is 4.79 Å². The van der Waals surface area contributed by atoms with Crippen LogP contribution in [-0.4, -0.2) is 55.0 Å². The maximum Gasteiger partial charge on any atom is 0.238 e. The van der Waals surface area contributed by atoms with Crippen molar-refractivity contribution in [2.75, 3.05) is 27.2 Å². The minimum absolute atomic E-state index is 0.0686. The molecule has 1 amide bonds. The van der Waals surface area contributed by atoms with Gasteiger partial charge in [0.2, 0.25) is 5.91 Å². The van der Waals surface area contributed by atoms with E-state index >= 15 is 0 Å². The van der Waals surface area contributed by atoms with E-state index in [1.165, 1.54) is 12.8 Å². The van der Waals surface area contributed by atoms with Gasteiger partial charge in [-0.1, -0.05) is 6.92 Å². The molecule has 17 heavy (non-hydrogen) atoms. The molecule has 0 aromatic heterocycles. The van der Waals surface area contributed by atoms with Gasteiger partial charge in [0.1, 0.15) is 0 Å². The van der Waals surface area contributed by atoms with Crippen LogP contribution >= 0.6 is 0 Å². The molecule has 0 saturated carbocycles. The van der Waals surface area contributed by atoms with Crippen LogP contribution in [-0.2, 0) is 4.79 Å². The van der Waals surface area contributed by atoms with Crippen molar-refractivity contribution < 1.29 is 4.79 Å². The number of nitrogens with two attached hydrogens (primary N) is 1. The van der Waals surface area contributed by atoms with E-state index in [0.717, 1.165) is 13.1 Å². The number of hydrazine groups is 1. The maximum absolute atomic E-state index is 11.5. The molecule has 0 aromatic rings. The molecular weight excluding hydrogens is 216 g/mol. The fourth-order valence-corrected chi connectivity index (χ4v) is 2.44. The van der Waals surface area contributed by atoms with Crippen molar-refractivity contribution in [3.05, 3.63) is 0 Å². The average Bonchev–Trinajstić information content (AvgIpc) is 2.36. The highest BCUT2D eigenvalue weighted by Crippen LogP contribution is 2.19.